The van der Waals surface area contributed by atoms with Crippen molar-refractivity contribution in [3.05, 3.63) is 35.9 Å². The zero-order valence-corrected chi connectivity index (χ0v) is 13.1. The number of aliphatic carboxylic acids is 1. The number of carbonyl (C=O) groups excluding carboxylic acids is 1. The smallest absolute Gasteiger partial charge is 0.323 e. The molecule has 2 N–H and O–H groups in total. The van der Waals surface area contributed by atoms with Gasteiger partial charge in [-0.15, -0.1) is 0 Å². The summed E-state index contributed by atoms with van der Waals surface area (Å²) in [5.41, 5.74) is -0.0476. The van der Waals surface area contributed by atoms with Crippen LogP contribution in [0.1, 0.15) is 39.3 Å². The van der Waals surface area contributed by atoms with E-state index >= 15 is 0 Å². The topological polar surface area (TPSA) is 69.6 Å². The highest BCUT2D eigenvalue weighted by atomic mass is 16.4. The molecule has 1 unspecified atom stereocenters. The van der Waals surface area contributed by atoms with E-state index in [9.17, 15) is 14.7 Å². The number of benzene rings is 1. The second kappa shape index (κ2) is 7.22. The summed E-state index contributed by atoms with van der Waals surface area (Å²) in [6.45, 7) is 7.52. The van der Waals surface area contributed by atoms with Gasteiger partial charge >= 0.3 is 5.97 Å². The number of carboxylic acid groups (broad SMARTS) is 1. The quantitative estimate of drug-likeness (QED) is 0.807. The van der Waals surface area contributed by atoms with E-state index in [2.05, 4.69) is 5.32 Å². The Morgan fingerprint density at radius 2 is 1.86 bits per heavy atom. The number of amides is 1. The molecule has 0 spiro atoms. The standard InChI is InChI=1S/C16H24N2O3/c1-5-18(16(3,4)15(20)21)11-14(19)17-12(2)13-9-7-6-8-10-13/h6-10,12H,5,11H2,1-4H3,(H,17,19)(H,20,21). The highest BCUT2D eigenvalue weighted by molar-refractivity contribution is 5.81. The summed E-state index contributed by atoms with van der Waals surface area (Å²) < 4.78 is 0. The number of nitrogens with zero attached hydrogens (tertiary/aromatic N) is 1. The molecule has 1 atom stereocenters. The maximum absolute atomic E-state index is 12.1. The lowest BCUT2D eigenvalue weighted by molar-refractivity contribution is -0.150. The Morgan fingerprint density at radius 1 is 1.29 bits per heavy atom. The average Bonchev–Trinajstić information content (AvgIpc) is 2.45. The zero-order valence-electron chi connectivity index (χ0n) is 13.1. The van der Waals surface area contributed by atoms with Gasteiger partial charge in [0.25, 0.3) is 0 Å². The van der Waals surface area contributed by atoms with Gasteiger partial charge in [0.2, 0.25) is 5.91 Å². The average molecular weight is 292 g/mol. The summed E-state index contributed by atoms with van der Waals surface area (Å²) in [7, 11) is 0. The second-order valence-electron chi connectivity index (χ2n) is 5.58. The number of hydrogen-bond acceptors (Lipinski definition) is 3. The number of hydrogen-bond donors (Lipinski definition) is 2. The van der Waals surface area contributed by atoms with Gasteiger partial charge in [0.1, 0.15) is 5.54 Å². The maximum atomic E-state index is 12.1. The molecule has 0 aromatic heterocycles. The minimum absolute atomic E-state index is 0.0625. The Labute approximate surface area is 126 Å². The Kier molecular flexibility index (Phi) is 5.90. The molecule has 116 valence electrons. The van der Waals surface area contributed by atoms with Crippen LogP contribution in [-0.2, 0) is 9.59 Å². The van der Waals surface area contributed by atoms with E-state index in [1.807, 2.05) is 44.2 Å². The Balaban J connectivity index is 2.66. The molecule has 0 heterocycles. The van der Waals surface area contributed by atoms with Gasteiger partial charge in [-0.3, -0.25) is 14.5 Å². The number of rotatable bonds is 7. The van der Waals surface area contributed by atoms with Gasteiger partial charge in [-0.05, 0) is 32.9 Å². The molecular formula is C16H24N2O3. The van der Waals surface area contributed by atoms with Crippen molar-refractivity contribution in [1.82, 2.24) is 10.2 Å². The highest BCUT2D eigenvalue weighted by Crippen LogP contribution is 2.15. The van der Waals surface area contributed by atoms with Crippen molar-refractivity contribution >= 4 is 11.9 Å². The Hall–Kier alpha value is -1.88. The molecule has 1 aromatic rings. The fourth-order valence-electron chi connectivity index (χ4n) is 2.13. The van der Waals surface area contributed by atoms with E-state index in [0.717, 1.165) is 5.56 Å². The van der Waals surface area contributed by atoms with Crippen LogP contribution in [0.3, 0.4) is 0 Å². The molecule has 0 saturated carbocycles. The van der Waals surface area contributed by atoms with Crippen LogP contribution in [0.5, 0.6) is 0 Å². The molecule has 0 saturated heterocycles. The van der Waals surface area contributed by atoms with Crippen LogP contribution >= 0.6 is 0 Å². The van der Waals surface area contributed by atoms with Gasteiger partial charge in [-0.1, -0.05) is 37.3 Å². The zero-order chi connectivity index (χ0) is 16.0. The van der Waals surface area contributed by atoms with E-state index in [4.69, 9.17) is 0 Å². The summed E-state index contributed by atoms with van der Waals surface area (Å²) in [6.07, 6.45) is 0. The van der Waals surface area contributed by atoms with Crippen LogP contribution in [0.25, 0.3) is 0 Å². The number of carboxylic acids is 1. The van der Waals surface area contributed by atoms with Crippen LogP contribution in [-0.4, -0.2) is 40.5 Å². The Morgan fingerprint density at radius 3 is 2.33 bits per heavy atom. The lowest BCUT2D eigenvalue weighted by Gasteiger charge is -2.33. The lowest BCUT2D eigenvalue weighted by Crippen LogP contribution is -2.53. The summed E-state index contributed by atoms with van der Waals surface area (Å²) in [5, 5.41) is 12.1. The van der Waals surface area contributed by atoms with E-state index in [-0.39, 0.29) is 18.5 Å². The summed E-state index contributed by atoms with van der Waals surface area (Å²) in [4.78, 5) is 25.0. The first-order valence-corrected chi connectivity index (χ1v) is 7.11. The fraction of sp³-hybridized carbons (Fsp3) is 0.500. The van der Waals surface area contributed by atoms with Crippen molar-refractivity contribution in [2.24, 2.45) is 0 Å². The van der Waals surface area contributed by atoms with Crippen LogP contribution in [0.4, 0.5) is 0 Å². The normalized spacial score (nSPS) is 13.0. The molecule has 1 amide bonds. The first kappa shape index (κ1) is 17.2. The number of likely N-dealkylation sites (N-methyl/N-ethyl adjacent to an activating group) is 1. The summed E-state index contributed by atoms with van der Waals surface area (Å²) in [6, 6.07) is 9.55. The van der Waals surface area contributed by atoms with Crippen LogP contribution in [0.15, 0.2) is 30.3 Å². The molecule has 0 fully saturated rings. The van der Waals surface area contributed by atoms with Crippen molar-refractivity contribution < 1.29 is 14.7 Å². The monoisotopic (exact) mass is 292 g/mol. The van der Waals surface area contributed by atoms with Crippen LogP contribution in [0, 0.1) is 0 Å². The van der Waals surface area contributed by atoms with Crippen molar-refractivity contribution in [2.45, 2.75) is 39.3 Å². The van der Waals surface area contributed by atoms with E-state index in [0.29, 0.717) is 6.54 Å². The molecule has 1 aromatic carbocycles. The maximum Gasteiger partial charge on any atom is 0.323 e. The van der Waals surface area contributed by atoms with Crippen molar-refractivity contribution in [3.8, 4) is 0 Å². The molecule has 21 heavy (non-hydrogen) atoms. The second-order valence-corrected chi connectivity index (χ2v) is 5.58. The Bertz CT molecular complexity index is 486. The molecule has 5 nitrogen and oxygen atoms in total. The highest BCUT2D eigenvalue weighted by Gasteiger charge is 2.34. The largest absolute Gasteiger partial charge is 0.480 e. The van der Waals surface area contributed by atoms with Gasteiger partial charge in [0, 0.05) is 0 Å². The van der Waals surface area contributed by atoms with Gasteiger partial charge in [-0.2, -0.15) is 0 Å². The SMILES string of the molecule is CCN(CC(=O)NC(C)c1ccccc1)C(C)(C)C(=O)O. The van der Waals surface area contributed by atoms with Gasteiger partial charge in [-0.25, -0.2) is 0 Å². The third-order valence-corrected chi connectivity index (χ3v) is 3.71. The van der Waals surface area contributed by atoms with Crippen molar-refractivity contribution in [2.75, 3.05) is 13.1 Å². The molecule has 0 aliphatic rings. The van der Waals surface area contributed by atoms with E-state index in [1.54, 1.807) is 18.7 Å². The molecule has 0 aliphatic heterocycles. The molecule has 0 aliphatic carbocycles. The molecule has 5 heteroatoms. The first-order valence-electron chi connectivity index (χ1n) is 7.11. The minimum Gasteiger partial charge on any atom is -0.480 e. The minimum atomic E-state index is -1.07. The number of nitrogens with one attached hydrogen (secondary N) is 1. The molecule has 0 radical (unpaired) electrons. The predicted octanol–water partition coefficient (Wildman–Crippen LogP) is 2.05. The van der Waals surface area contributed by atoms with Crippen LogP contribution in [0.2, 0.25) is 0 Å². The molecule has 0 bridgehead atoms. The number of carbonyl (C=O) groups is 2. The van der Waals surface area contributed by atoms with Crippen molar-refractivity contribution in [1.29, 1.82) is 0 Å². The van der Waals surface area contributed by atoms with E-state index < -0.39 is 11.5 Å². The molecular weight excluding hydrogens is 268 g/mol. The third kappa shape index (κ3) is 4.56. The van der Waals surface area contributed by atoms with Gasteiger partial charge < -0.3 is 10.4 Å². The van der Waals surface area contributed by atoms with Gasteiger partial charge in [0.15, 0.2) is 0 Å². The lowest BCUT2D eigenvalue weighted by atomic mass is 10.0. The third-order valence-electron chi connectivity index (χ3n) is 3.71. The first-order chi connectivity index (χ1) is 9.78. The summed E-state index contributed by atoms with van der Waals surface area (Å²) in [5.74, 6) is -1.12. The van der Waals surface area contributed by atoms with Crippen molar-refractivity contribution in [3.63, 3.8) is 0 Å². The fourth-order valence-corrected chi connectivity index (χ4v) is 2.13. The van der Waals surface area contributed by atoms with Crippen LogP contribution < -0.4 is 5.32 Å². The van der Waals surface area contributed by atoms with E-state index in [1.165, 1.54) is 0 Å². The van der Waals surface area contributed by atoms with Gasteiger partial charge in [0.05, 0.1) is 12.6 Å². The predicted molar refractivity (Wildman–Crippen MR) is 82.0 cm³/mol. The molecule has 1 rings (SSSR count). The summed E-state index contributed by atoms with van der Waals surface area (Å²) >= 11 is 0.